The van der Waals surface area contributed by atoms with Gasteiger partial charge in [-0.3, -0.25) is 9.78 Å². The van der Waals surface area contributed by atoms with Gasteiger partial charge in [0.05, 0.1) is 5.41 Å². The summed E-state index contributed by atoms with van der Waals surface area (Å²) in [5.74, 6) is 0.239. The van der Waals surface area contributed by atoms with Gasteiger partial charge in [0.1, 0.15) is 0 Å². The van der Waals surface area contributed by atoms with Crippen LogP contribution >= 0.6 is 0 Å². The van der Waals surface area contributed by atoms with Gasteiger partial charge in [-0.1, -0.05) is 60.7 Å². The Morgan fingerprint density at radius 2 is 1.81 bits per heavy atom. The maximum atomic E-state index is 13.6. The summed E-state index contributed by atoms with van der Waals surface area (Å²) in [6.45, 7) is 2.84. The monoisotopic (exact) mass is 427 g/mol. The zero-order valence-electron chi connectivity index (χ0n) is 19.2. The molecule has 166 valence electrons. The molecular weight excluding hydrogens is 394 g/mol. The molecule has 3 aromatic rings. The van der Waals surface area contributed by atoms with Crippen molar-refractivity contribution in [2.45, 2.75) is 25.7 Å². The van der Waals surface area contributed by atoms with Crippen LogP contribution in [0.3, 0.4) is 0 Å². The minimum Gasteiger partial charge on any atom is -0.348 e. The molecule has 0 radical (unpaired) electrons. The van der Waals surface area contributed by atoms with Crippen LogP contribution in [-0.2, 0) is 17.6 Å². The molecule has 32 heavy (non-hydrogen) atoms. The number of carbonyl (C=O) groups is 1. The molecule has 1 atom stereocenters. The summed E-state index contributed by atoms with van der Waals surface area (Å²) in [5.41, 5.74) is 4.45. The van der Waals surface area contributed by atoms with Crippen LogP contribution in [0.4, 0.5) is 0 Å². The van der Waals surface area contributed by atoms with Crippen molar-refractivity contribution in [3.05, 3.63) is 90.3 Å². The van der Waals surface area contributed by atoms with Crippen molar-refractivity contribution >= 4 is 5.91 Å². The molecule has 1 saturated heterocycles. The molecular formula is C28H33N3O. The van der Waals surface area contributed by atoms with Gasteiger partial charge in [0, 0.05) is 45.1 Å². The molecule has 1 aliphatic heterocycles. The summed E-state index contributed by atoms with van der Waals surface area (Å²) in [7, 11) is 3.78. The lowest BCUT2D eigenvalue weighted by Crippen LogP contribution is -2.53. The third-order valence-electron chi connectivity index (χ3n) is 6.59. The fourth-order valence-electron chi connectivity index (χ4n) is 5.06. The van der Waals surface area contributed by atoms with Crippen molar-refractivity contribution in [1.82, 2.24) is 14.8 Å². The van der Waals surface area contributed by atoms with Gasteiger partial charge in [-0.15, -0.1) is 0 Å². The van der Waals surface area contributed by atoms with Gasteiger partial charge in [0.2, 0.25) is 5.91 Å². The smallest absolute Gasteiger partial charge is 0.229 e. The van der Waals surface area contributed by atoms with Crippen molar-refractivity contribution in [2.75, 3.05) is 33.7 Å². The van der Waals surface area contributed by atoms with Gasteiger partial charge in [-0.05, 0) is 55.0 Å². The molecule has 1 unspecified atom stereocenters. The standard InChI is InChI=1S/C28H33N3O/c1-30(2)27(32)28(16-9-18-31(22-28)19-15-23-10-4-3-5-11-23)20-24-12-6-7-14-26(24)25-13-8-17-29-21-25/h3-8,10-14,17,21H,9,15-16,18-20,22H2,1-2H3. The van der Waals surface area contributed by atoms with E-state index in [1.807, 2.05) is 26.4 Å². The van der Waals surface area contributed by atoms with Gasteiger partial charge < -0.3 is 9.80 Å². The molecule has 1 aromatic heterocycles. The van der Waals surface area contributed by atoms with E-state index in [4.69, 9.17) is 0 Å². The SMILES string of the molecule is CN(C)C(=O)C1(Cc2ccccc2-c2cccnc2)CCCN(CCc2ccccc2)C1. The van der Waals surface area contributed by atoms with E-state index in [2.05, 4.69) is 70.5 Å². The molecule has 4 nitrogen and oxygen atoms in total. The number of benzene rings is 2. The van der Waals surface area contributed by atoms with Crippen LogP contribution < -0.4 is 0 Å². The molecule has 0 N–H and O–H groups in total. The Hall–Kier alpha value is -2.98. The Kier molecular flexibility index (Phi) is 7.01. The Bertz CT molecular complexity index is 1020. The summed E-state index contributed by atoms with van der Waals surface area (Å²) in [4.78, 5) is 22.2. The summed E-state index contributed by atoms with van der Waals surface area (Å²) in [6, 6.07) is 23.2. The Labute approximate surface area is 191 Å². The molecule has 2 heterocycles. The number of carbonyl (C=O) groups excluding carboxylic acids is 1. The second-order valence-corrected chi connectivity index (χ2v) is 9.17. The largest absolute Gasteiger partial charge is 0.348 e. The predicted octanol–water partition coefficient (Wildman–Crippen LogP) is 4.70. The Balaban J connectivity index is 1.60. The lowest BCUT2D eigenvalue weighted by molar-refractivity contribution is -0.143. The third kappa shape index (κ3) is 5.08. The molecule has 1 aliphatic rings. The summed E-state index contributed by atoms with van der Waals surface area (Å²) < 4.78 is 0. The Morgan fingerprint density at radius 1 is 1.03 bits per heavy atom. The van der Waals surface area contributed by atoms with E-state index in [0.717, 1.165) is 50.9 Å². The second kappa shape index (κ2) is 10.1. The first-order valence-electron chi connectivity index (χ1n) is 11.5. The number of pyridine rings is 1. The Morgan fingerprint density at radius 3 is 2.56 bits per heavy atom. The van der Waals surface area contributed by atoms with E-state index in [9.17, 15) is 4.79 Å². The summed E-state index contributed by atoms with van der Waals surface area (Å²) in [5, 5.41) is 0. The first-order chi connectivity index (χ1) is 15.6. The average Bonchev–Trinajstić information content (AvgIpc) is 2.84. The number of aromatic nitrogens is 1. The topological polar surface area (TPSA) is 36.4 Å². The minimum absolute atomic E-state index is 0.239. The van der Waals surface area contributed by atoms with Gasteiger partial charge in [-0.25, -0.2) is 0 Å². The number of piperidine rings is 1. The van der Waals surface area contributed by atoms with Crippen molar-refractivity contribution in [1.29, 1.82) is 0 Å². The van der Waals surface area contributed by atoms with Crippen LogP contribution in [0.15, 0.2) is 79.1 Å². The van der Waals surface area contributed by atoms with Crippen LogP contribution in [0.5, 0.6) is 0 Å². The number of hydrogen-bond donors (Lipinski definition) is 0. The lowest BCUT2D eigenvalue weighted by atomic mass is 9.73. The first kappa shape index (κ1) is 22.2. The fourth-order valence-corrected chi connectivity index (χ4v) is 5.06. The predicted molar refractivity (Wildman–Crippen MR) is 130 cm³/mol. The van der Waals surface area contributed by atoms with Gasteiger partial charge in [0.15, 0.2) is 0 Å². The van der Waals surface area contributed by atoms with Gasteiger partial charge in [0.25, 0.3) is 0 Å². The highest BCUT2D eigenvalue weighted by Gasteiger charge is 2.43. The van der Waals surface area contributed by atoms with Crippen LogP contribution in [0.1, 0.15) is 24.0 Å². The van der Waals surface area contributed by atoms with E-state index in [1.165, 1.54) is 16.7 Å². The van der Waals surface area contributed by atoms with E-state index < -0.39 is 5.41 Å². The van der Waals surface area contributed by atoms with Crippen LogP contribution in [0.25, 0.3) is 11.1 Å². The highest BCUT2D eigenvalue weighted by Crippen LogP contribution is 2.38. The summed E-state index contributed by atoms with van der Waals surface area (Å²) >= 11 is 0. The maximum absolute atomic E-state index is 13.6. The van der Waals surface area contributed by atoms with Crippen LogP contribution in [0, 0.1) is 5.41 Å². The fraction of sp³-hybridized carbons (Fsp3) is 0.357. The third-order valence-corrected chi connectivity index (χ3v) is 6.59. The first-order valence-corrected chi connectivity index (χ1v) is 11.5. The molecule has 0 bridgehead atoms. The second-order valence-electron chi connectivity index (χ2n) is 9.17. The van der Waals surface area contributed by atoms with Crippen LogP contribution in [0.2, 0.25) is 0 Å². The number of amides is 1. The highest BCUT2D eigenvalue weighted by molar-refractivity contribution is 5.83. The van der Waals surface area contributed by atoms with Gasteiger partial charge in [-0.2, -0.15) is 0 Å². The highest BCUT2D eigenvalue weighted by atomic mass is 16.2. The van der Waals surface area contributed by atoms with E-state index >= 15 is 0 Å². The normalized spacial score (nSPS) is 18.9. The van der Waals surface area contributed by atoms with Crippen molar-refractivity contribution in [3.8, 4) is 11.1 Å². The lowest BCUT2D eigenvalue weighted by Gasteiger charge is -2.43. The number of hydrogen-bond acceptors (Lipinski definition) is 3. The molecule has 4 rings (SSSR count). The molecule has 0 spiro atoms. The van der Waals surface area contributed by atoms with Crippen molar-refractivity contribution < 1.29 is 4.79 Å². The van der Waals surface area contributed by atoms with E-state index in [0.29, 0.717) is 0 Å². The molecule has 2 aromatic carbocycles. The quantitative estimate of drug-likeness (QED) is 0.548. The number of likely N-dealkylation sites (tertiary alicyclic amines) is 1. The average molecular weight is 428 g/mol. The van der Waals surface area contributed by atoms with Crippen LogP contribution in [-0.4, -0.2) is 54.4 Å². The molecule has 1 amide bonds. The molecule has 0 aliphatic carbocycles. The number of rotatable bonds is 7. The van der Waals surface area contributed by atoms with E-state index in [1.54, 1.807) is 11.1 Å². The number of nitrogens with zero attached hydrogens (tertiary/aromatic N) is 3. The van der Waals surface area contributed by atoms with Crippen molar-refractivity contribution in [3.63, 3.8) is 0 Å². The maximum Gasteiger partial charge on any atom is 0.229 e. The summed E-state index contributed by atoms with van der Waals surface area (Å²) in [6.07, 6.45) is 7.44. The molecule has 4 heteroatoms. The zero-order chi connectivity index (χ0) is 22.4. The zero-order valence-corrected chi connectivity index (χ0v) is 19.2. The minimum atomic E-state index is -0.406. The molecule has 1 fully saturated rings. The van der Waals surface area contributed by atoms with E-state index in [-0.39, 0.29) is 5.91 Å². The van der Waals surface area contributed by atoms with Gasteiger partial charge >= 0.3 is 0 Å². The van der Waals surface area contributed by atoms with Crippen molar-refractivity contribution in [2.24, 2.45) is 5.41 Å². The molecule has 0 saturated carbocycles.